The number of carbonyl (C=O) groups is 1. The number of aliphatic hydroxyl groups is 4. The van der Waals surface area contributed by atoms with Crippen LogP contribution in [0.3, 0.4) is 0 Å². The second-order valence-electron chi connectivity index (χ2n) is 7.88. The molecule has 0 aliphatic carbocycles. The highest BCUT2D eigenvalue weighted by molar-refractivity contribution is 5.72. The van der Waals surface area contributed by atoms with Crippen molar-refractivity contribution in [2.45, 2.75) is 44.6 Å². The maximum Gasteiger partial charge on any atom is 0.320 e. The van der Waals surface area contributed by atoms with Crippen LogP contribution in [-0.2, 0) is 32.2 Å². The molecule has 0 aliphatic heterocycles. The minimum atomic E-state index is -1.01. The smallest absolute Gasteiger partial charge is 0.320 e. The molecule has 13 heteroatoms. The molecule has 0 unspecified atom stereocenters. The van der Waals surface area contributed by atoms with Gasteiger partial charge in [-0.15, -0.1) is 5.10 Å². The van der Waals surface area contributed by atoms with Crippen LogP contribution in [0.25, 0.3) is 0 Å². The quantitative estimate of drug-likeness (QED) is 0.106. The summed E-state index contributed by atoms with van der Waals surface area (Å²) in [7, 11) is 0. The minimum absolute atomic E-state index is 0.147. The molecule has 7 N–H and O–H groups in total. The first-order chi connectivity index (χ1) is 15.9. The van der Waals surface area contributed by atoms with Crippen molar-refractivity contribution in [3.8, 4) is 0 Å². The minimum Gasteiger partial charge on any atom is -0.480 e. The van der Waals surface area contributed by atoms with Gasteiger partial charge < -0.3 is 45.5 Å². The van der Waals surface area contributed by atoms with E-state index in [9.17, 15) is 4.79 Å². The maximum atomic E-state index is 10.7. The predicted octanol–water partition coefficient (Wildman–Crippen LogP) is -2.02. The number of unbranched alkanes of at least 4 members (excludes halogenated alkanes) is 1. The lowest BCUT2D eigenvalue weighted by Crippen LogP contribution is -2.30. The van der Waals surface area contributed by atoms with Gasteiger partial charge in [0.15, 0.2) is 0 Å². The van der Waals surface area contributed by atoms with Gasteiger partial charge in [0, 0.05) is 18.4 Å². The topological polar surface area (TPSA) is 203 Å². The van der Waals surface area contributed by atoms with E-state index >= 15 is 0 Å². The van der Waals surface area contributed by atoms with Gasteiger partial charge in [0.2, 0.25) is 0 Å². The fraction of sp³-hybridized carbons (Fsp3) is 0.850. The first-order valence-electron chi connectivity index (χ1n) is 11.0. The maximum absolute atomic E-state index is 10.7. The zero-order chi connectivity index (χ0) is 24.5. The number of ether oxygens (including phenoxy) is 3. The van der Waals surface area contributed by atoms with Crippen LogP contribution in [0.2, 0.25) is 0 Å². The van der Waals surface area contributed by atoms with Crippen molar-refractivity contribution < 1.29 is 44.5 Å². The summed E-state index contributed by atoms with van der Waals surface area (Å²) in [5, 5.41) is 53.4. The Balaban J connectivity index is 2.46. The third-order valence-electron chi connectivity index (χ3n) is 4.87. The third kappa shape index (κ3) is 12.9. The van der Waals surface area contributed by atoms with Crippen molar-refractivity contribution >= 4 is 5.97 Å². The van der Waals surface area contributed by atoms with Crippen molar-refractivity contribution in [2.75, 3.05) is 52.9 Å². The molecule has 0 saturated carbocycles. The summed E-state index contributed by atoms with van der Waals surface area (Å²) < 4.78 is 18.5. The lowest BCUT2D eigenvalue weighted by molar-refractivity contribution is -0.138. The molecule has 1 aromatic heterocycles. The Bertz CT molecular complexity index is 608. The van der Waals surface area contributed by atoms with Crippen LogP contribution < -0.4 is 5.73 Å². The van der Waals surface area contributed by atoms with Gasteiger partial charge in [0.1, 0.15) is 17.8 Å². The highest BCUT2D eigenvalue weighted by atomic mass is 16.6. The van der Waals surface area contributed by atoms with Gasteiger partial charge in [-0.25, -0.2) is 0 Å². The van der Waals surface area contributed by atoms with Crippen molar-refractivity contribution in [3.63, 3.8) is 0 Å². The van der Waals surface area contributed by atoms with Gasteiger partial charge in [0.25, 0.3) is 0 Å². The van der Waals surface area contributed by atoms with Crippen LogP contribution in [0.1, 0.15) is 25.0 Å². The number of aromatic nitrogens is 3. The molecule has 0 radical (unpaired) electrons. The number of carboxylic acid groups (broad SMARTS) is 1. The number of nitrogens with zero attached hydrogens (tertiary/aromatic N) is 3. The Morgan fingerprint density at radius 1 is 0.970 bits per heavy atom. The molecule has 1 aromatic rings. The predicted molar refractivity (Wildman–Crippen MR) is 115 cm³/mol. The summed E-state index contributed by atoms with van der Waals surface area (Å²) in [4.78, 5) is 10.7. The summed E-state index contributed by atoms with van der Waals surface area (Å²) in [6, 6.07) is -0.860. The van der Waals surface area contributed by atoms with Crippen LogP contribution in [0.4, 0.5) is 0 Å². The molecule has 192 valence electrons. The Labute approximate surface area is 193 Å². The molecule has 0 bridgehead atoms. The molecular formula is C20H38N4O9. The van der Waals surface area contributed by atoms with Crippen LogP contribution in [0, 0.1) is 11.8 Å². The second-order valence-corrected chi connectivity index (χ2v) is 7.88. The van der Waals surface area contributed by atoms with Crippen molar-refractivity contribution in [2.24, 2.45) is 17.6 Å². The summed E-state index contributed by atoms with van der Waals surface area (Å²) in [6.45, 7) is 0.550. The van der Waals surface area contributed by atoms with E-state index in [0.29, 0.717) is 31.5 Å². The van der Waals surface area contributed by atoms with Crippen molar-refractivity contribution in [1.82, 2.24) is 15.0 Å². The second kappa shape index (κ2) is 17.7. The van der Waals surface area contributed by atoms with E-state index in [-0.39, 0.29) is 71.3 Å². The number of carboxylic acids is 1. The Morgan fingerprint density at radius 3 is 2.06 bits per heavy atom. The van der Waals surface area contributed by atoms with Crippen molar-refractivity contribution in [1.29, 1.82) is 0 Å². The molecular weight excluding hydrogens is 440 g/mol. The van der Waals surface area contributed by atoms with E-state index in [1.54, 1.807) is 10.9 Å². The van der Waals surface area contributed by atoms with E-state index in [1.165, 1.54) is 0 Å². The van der Waals surface area contributed by atoms with Crippen LogP contribution in [0.5, 0.6) is 0 Å². The first-order valence-corrected chi connectivity index (χ1v) is 11.0. The summed E-state index contributed by atoms with van der Waals surface area (Å²) >= 11 is 0. The number of aryl methyl sites for hydroxylation is 1. The summed E-state index contributed by atoms with van der Waals surface area (Å²) in [5.74, 6) is -1.78. The molecule has 33 heavy (non-hydrogen) atoms. The molecule has 0 aliphatic rings. The average Bonchev–Trinajstić information content (AvgIpc) is 3.27. The highest BCUT2D eigenvalue weighted by Gasteiger charge is 2.16. The number of hydrogen-bond donors (Lipinski definition) is 6. The molecule has 0 spiro atoms. The Hall–Kier alpha value is -1.71. The lowest BCUT2D eigenvalue weighted by atomic mass is 10.1. The fourth-order valence-corrected chi connectivity index (χ4v) is 2.68. The number of hydrogen-bond acceptors (Lipinski definition) is 11. The van der Waals surface area contributed by atoms with Gasteiger partial charge in [-0.3, -0.25) is 9.48 Å². The van der Waals surface area contributed by atoms with Crippen LogP contribution in [0.15, 0.2) is 6.20 Å². The van der Waals surface area contributed by atoms with Gasteiger partial charge in [-0.05, 0) is 19.3 Å². The van der Waals surface area contributed by atoms with E-state index in [0.717, 1.165) is 0 Å². The van der Waals surface area contributed by atoms with Gasteiger partial charge in [-0.2, -0.15) is 0 Å². The number of aliphatic hydroxyl groups excluding tert-OH is 4. The van der Waals surface area contributed by atoms with Crippen LogP contribution >= 0.6 is 0 Å². The van der Waals surface area contributed by atoms with E-state index in [2.05, 4.69) is 10.3 Å². The Morgan fingerprint density at radius 2 is 1.55 bits per heavy atom. The zero-order valence-electron chi connectivity index (χ0n) is 18.9. The van der Waals surface area contributed by atoms with Crippen LogP contribution in [-0.4, -0.2) is 111 Å². The number of nitrogens with two attached hydrogens (primary N) is 1. The number of aliphatic carboxylic acids is 1. The van der Waals surface area contributed by atoms with E-state index < -0.39 is 18.1 Å². The van der Waals surface area contributed by atoms with E-state index in [4.69, 9.17) is 45.5 Å². The van der Waals surface area contributed by atoms with Gasteiger partial charge in [0.05, 0.1) is 65.7 Å². The molecule has 13 nitrogen and oxygen atoms in total. The number of rotatable bonds is 21. The molecule has 0 aromatic carbocycles. The fourth-order valence-electron chi connectivity index (χ4n) is 2.68. The standard InChI is InChI=1S/C20H38N4O9/c21-19(20(29)30)3-1-2-4-24-5-17(22-23-24)12-33-18(13-31-10-15(6-25)7-26)14-32-11-16(8-27)9-28/h5,15-16,18-19,25-28H,1-4,6-14,21H2,(H,29,30)/t19-/m1/s1. The molecule has 0 amide bonds. The molecule has 0 saturated heterocycles. The first kappa shape index (κ1) is 29.3. The molecule has 0 fully saturated rings. The van der Waals surface area contributed by atoms with E-state index in [1.807, 2.05) is 0 Å². The zero-order valence-corrected chi connectivity index (χ0v) is 18.9. The third-order valence-corrected chi connectivity index (χ3v) is 4.87. The van der Waals surface area contributed by atoms with Gasteiger partial charge in [-0.1, -0.05) is 5.21 Å². The van der Waals surface area contributed by atoms with Gasteiger partial charge >= 0.3 is 5.97 Å². The molecule has 1 atom stereocenters. The summed E-state index contributed by atoms with van der Waals surface area (Å²) in [5.41, 5.74) is 6.07. The van der Waals surface area contributed by atoms with Crippen molar-refractivity contribution in [3.05, 3.63) is 11.9 Å². The highest BCUT2D eigenvalue weighted by Crippen LogP contribution is 2.07. The Kier molecular flexibility index (Phi) is 15.7. The largest absolute Gasteiger partial charge is 0.480 e. The molecule has 1 rings (SSSR count). The molecule has 1 heterocycles. The SMILES string of the molecule is N[C@H](CCCCn1cc(COC(COCC(CO)CO)COCC(CO)CO)nn1)C(=O)O. The lowest BCUT2D eigenvalue weighted by Gasteiger charge is -2.20. The summed E-state index contributed by atoms with van der Waals surface area (Å²) in [6.07, 6.45) is 3.01. The average molecular weight is 479 g/mol. The monoisotopic (exact) mass is 478 g/mol. The normalized spacial score (nSPS) is 12.8.